The Morgan fingerprint density at radius 2 is 1.84 bits per heavy atom. The minimum atomic E-state index is -2.76. The Morgan fingerprint density at radius 1 is 1.11 bits per heavy atom. The van der Waals surface area contributed by atoms with Crippen molar-refractivity contribution in [2.24, 2.45) is 0 Å². The largest absolute Gasteiger partial charge is 0.380 e. The van der Waals surface area contributed by atoms with Crippen LogP contribution in [0, 0.1) is 0 Å². The van der Waals surface area contributed by atoms with Gasteiger partial charge in [0.25, 0.3) is 0 Å². The third kappa shape index (κ3) is 8.60. The zero-order valence-corrected chi connectivity index (χ0v) is 13.0. The monoisotopic (exact) mass is 291 g/mol. The van der Waals surface area contributed by atoms with Crippen molar-refractivity contribution in [3.05, 3.63) is 0 Å². The Morgan fingerprint density at radius 3 is 2.53 bits per heavy atom. The van der Waals surface area contributed by atoms with Gasteiger partial charge in [0.15, 0.2) is 9.84 Å². The average molecular weight is 291 g/mol. The number of nitrogens with one attached hydrogen (secondary N) is 1. The van der Waals surface area contributed by atoms with E-state index in [4.69, 9.17) is 4.74 Å². The summed E-state index contributed by atoms with van der Waals surface area (Å²) in [5, 5.41) is 3.25. The highest BCUT2D eigenvalue weighted by Gasteiger charge is 2.26. The number of hydrogen-bond donors (Lipinski definition) is 1. The van der Waals surface area contributed by atoms with Crippen LogP contribution in [0.3, 0.4) is 0 Å². The number of sulfone groups is 1. The normalized spacial score (nSPS) is 21.8. The molecule has 4 nitrogen and oxygen atoms in total. The Balaban J connectivity index is 1.82. The van der Waals surface area contributed by atoms with Gasteiger partial charge in [-0.1, -0.05) is 39.0 Å². The lowest BCUT2D eigenvalue weighted by Gasteiger charge is -2.10. The van der Waals surface area contributed by atoms with Crippen LogP contribution < -0.4 is 5.32 Å². The lowest BCUT2D eigenvalue weighted by atomic mass is 10.1. The predicted molar refractivity (Wildman–Crippen MR) is 79.3 cm³/mol. The van der Waals surface area contributed by atoms with Crippen LogP contribution in [0.5, 0.6) is 0 Å². The highest BCUT2D eigenvalue weighted by Crippen LogP contribution is 2.10. The average Bonchev–Trinajstić information content (AvgIpc) is 2.71. The first kappa shape index (κ1) is 16.9. The van der Waals surface area contributed by atoms with Gasteiger partial charge >= 0.3 is 0 Å². The van der Waals surface area contributed by atoms with Gasteiger partial charge in [0.05, 0.1) is 18.1 Å². The van der Waals surface area contributed by atoms with Crippen LogP contribution >= 0.6 is 0 Å². The lowest BCUT2D eigenvalue weighted by Crippen LogP contribution is -2.32. The van der Waals surface area contributed by atoms with Crippen molar-refractivity contribution in [2.75, 3.05) is 31.3 Å². The van der Waals surface area contributed by atoms with Crippen LogP contribution in [0.2, 0.25) is 0 Å². The molecule has 1 unspecified atom stereocenters. The quantitative estimate of drug-likeness (QED) is 0.593. The second-order valence-electron chi connectivity index (χ2n) is 5.43. The molecule has 1 aliphatic rings. The second kappa shape index (κ2) is 9.72. The van der Waals surface area contributed by atoms with Crippen LogP contribution in [0.4, 0.5) is 0 Å². The van der Waals surface area contributed by atoms with E-state index in [1.54, 1.807) is 0 Å². The maximum atomic E-state index is 11.3. The molecular formula is C14H29NO3S. The van der Waals surface area contributed by atoms with Crippen LogP contribution in [-0.2, 0) is 14.6 Å². The fraction of sp³-hybridized carbons (Fsp3) is 1.00. The van der Waals surface area contributed by atoms with Gasteiger partial charge in [0, 0.05) is 19.2 Å². The van der Waals surface area contributed by atoms with Gasteiger partial charge < -0.3 is 10.1 Å². The van der Waals surface area contributed by atoms with Gasteiger partial charge in [-0.2, -0.15) is 0 Å². The summed E-state index contributed by atoms with van der Waals surface area (Å²) in [5.41, 5.74) is 0. The molecule has 1 saturated heterocycles. The minimum Gasteiger partial charge on any atom is -0.380 e. The molecule has 114 valence electrons. The summed E-state index contributed by atoms with van der Waals surface area (Å²) in [7, 11) is -2.76. The zero-order chi connectivity index (χ0) is 14.0. The maximum Gasteiger partial charge on any atom is 0.151 e. The summed E-state index contributed by atoms with van der Waals surface area (Å²) in [6.45, 7) is 4.50. The van der Waals surface area contributed by atoms with E-state index in [2.05, 4.69) is 12.2 Å². The first-order valence-corrected chi connectivity index (χ1v) is 9.48. The maximum absolute atomic E-state index is 11.3. The lowest BCUT2D eigenvalue weighted by molar-refractivity contribution is 0.130. The minimum absolute atomic E-state index is 0.141. The van der Waals surface area contributed by atoms with Gasteiger partial charge in [-0.05, 0) is 12.8 Å². The summed E-state index contributed by atoms with van der Waals surface area (Å²) in [4.78, 5) is 0. The van der Waals surface area contributed by atoms with Gasteiger partial charge in [-0.3, -0.25) is 0 Å². The van der Waals surface area contributed by atoms with Crippen LogP contribution in [-0.4, -0.2) is 45.7 Å². The molecule has 5 heteroatoms. The van der Waals surface area contributed by atoms with Crippen molar-refractivity contribution in [1.82, 2.24) is 5.32 Å². The number of hydrogen-bond acceptors (Lipinski definition) is 4. The van der Waals surface area contributed by atoms with Gasteiger partial charge in [-0.15, -0.1) is 0 Å². The van der Waals surface area contributed by atoms with Gasteiger partial charge in [-0.25, -0.2) is 8.42 Å². The third-order valence-electron chi connectivity index (χ3n) is 3.55. The highest BCUT2D eigenvalue weighted by molar-refractivity contribution is 7.91. The summed E-state index contributed by atoms with van der Waals surface area (Å²) >= 11 is 0. The van der Waals surface area contributed by atoms with Crippen molar-refractivity contribution in [2.45, 2.75) is 57.9 Å². The fourth-order valence-corrected chi connectivity index (χ4v) is 4.09. The number of ether oxygens (including phenoxy) is 1. The predicted octanol–water partition coefficient (Wildman–Crippen LogP) is 2.14. The smallest absolute Gasteiger partial charge is 0.151 e. The molecular weight excluding hydrogens is 262 g/mol. The van der Waals surface area contributed by atoms with E-state index in [0.717, 1.165) is 26.0 Å². The number of rotatable bonds is 11. The molecule has 0 spiro atoms. The molecule has 0 amide bonds. The molecule has 1 heterocycles. The van der Waals surface area contributed by atoms with E-state index in [-0.39, 0.29) is 6.04 Å². The molecule has 1 fully saturated rings. The van der Waals surface area contributed by atoms with Crippen molar-refractivity contribution < 1.29 is 13.2 Å². The molecule has 0 aromatic rings. The van der Waals surface area contributed by atoms with E-state index in [0.29, 0.717) is 18.1 Å². The summed E-state index contributed by atoms with van der Waals surface area (Å²) in [6, 6.07) is 0.141. The molecule has 0 aliphatic carbocycles. The Bertz CT molecular complexity index is 317. The Labute approximate surface area is 118 Å². The van der Waals surface area contributed by atoms with Crippen LogP contribution in [0.1, 0.15) is 51.9 Å². The SMILES string of the molecule is CCCCCCCCOCCNC1CCS(=O)(=O)C1. The summed E-state index contributed by atoms with van der Waals surface area (Å²) < 4.78 is 28.0. The van der Waals surface area contributed by atoms with E-state index < -0.39 is 9.84 Å². The van der Waals surface area contributed by atoms with Gasteiger partial charge in [0.1, 0.15) is 0 Å². The van der Waals surface area contributed by atoms with Gasteiger partial charge in [0.2, 0.25) is 0 Å². The Hall–Kier alpha value is -0.130. The highest BCUT2D eigenvalue weighted by atomic mass is 32.2. The molecule has 1 N–H and O–H groups in total. The molecule has 0 aromatic heterocycles. The standard InChI is InChI=1S/C14H29NO3S/c1-2-3-4-5-6-7-10-18-11-9-15-14-8-12-19(16,17)13-14/h14-15H,2-13H2,1H3. The zero-order valence-electron chi connectivity index (χ0n) is 12.2. The second-order valence-corrected chi connectivity index (χ2v) is 7.66. The third-order valence-corrected chi connectivity index (χ3v) is 5.32. The molecule has 1 atom stereocenters. The van der Waals surface area contributed by atoms with Crippen molar-refractivity contribution in [3.63, 3.8) is 0 Å². The van der Waals surface area contributed by atoms with Crippen molar-refractivity contribution in [1.29, 1.82) is 0 Å². The fourth-order valence-electron chi connectivity index (χ4n) is 2.38. The molecule has 0 bridgehead atoms. The topological polar surface area (TPSA) is 55.4 Å². The molecule has 0 radical (unpaired) electrons. The van der Waals surface area contributed by atoms with Crippen LogP contribution in [0.15, 0.2) is 0 Å². The van der Waals surface area contributed by atoms with Crippen molar-refractivity contribution >= 4 is 9.84 Å². The van der Waals surface area contributed by atoms with Crippen molar-refractivity contribution in [3.8, 4) is 0 Å². The first-order chi connectivity index (χ1) is 9.14. The van der Waals surface area contributed by atoms with E-state index in [9.17, 15) is 8.42 Å². The summed E-state index contributed by atoms with van der Waals surface area (Å²) in [5.74, 6) is 0.633. The summed E-state index contributed by atoms with van der Waals surface area (Å²) in [6.07, 6.45) is 8.44. The van der Waals surface area contributed by atoms with E-state index in [1.807, 2.05) is 0 Å². The molecule has 0 saturated carbocycles. The Kier molecular flexibility index (Phi) is 8.66. The van der Waals surface area contributed by atoms with E-state index in [1.165, 1.54) is 32.1 Å². The van der Waals surface area contributed by atoms with E-state index >= 15 is 0 Å². The molecule has 0 aromatic carbocycles. The number of unbranched alkanes of at least 4 members (excludes halogenated alkanes) is 5. The molecule has 1 rings (SSSR count). The molecule has 1 aliphatic heterocycles. The molecule has 19 heavy (non-hydrogen) atoms. The van der Waals surface area contributed by atoms with Crippen LogP contribution in [0.25, 0.3) is 0 Å². The first-order valence-electron chi connectivity index (χ1n) is 7.65.